The Kier molecular flexibility index (Phi) is 2.86. The molecule has 88 valence electrons. The molecule has 0 spiro atoms. The monoisotopic (exact) mass is 234 g/mol. The molecular formula is C11H10N2O4. The first-order valence-electron chi connectivity index (χ1n) is 5.15. The molecule has 0 atom stereocenters. The number of benzene rings is 1. The number of nitrogens with zero attached hydrogens (tertiary/aromatic N) is 2. The molecule has 1 aliphatic rings. The standard InChI is InChI=1S/C11H10N2O4/c14-5-1-4-12-10-3-2-9(13(16)17)6-8(10)7-11(12)15/h2-3,5-6H,1,4,7H2. The normalized spacial score (nSPS) is 13.6. The molecule has 6 nitrogen and oxygen atoms in total. The van der Waals surface area contributed by atoms with Crippen molar-refractivity contribution in [2.75, 3.05) is 11.4 Å². The van der Waals surface area contributed by atoms with Gasteiger partial charge in [0.05, 0.1) is 11.3 Å². The van der Waals surface area contributed by atoms with E-state index in [-0.39, 0.29) is 24.4 Å². The summed E-state index contributed by atoms with van der Waals surface area (Å²) in [5.41, 5.74) is 1.30. The van der Waals surface area contributed by atoms with Crippen LogP contribution in [-0.2, 0) is 16.0 Å². The first kappa shape index (κ1) is 11.3. The third-order valence-electron chi connectivity index (χ3n) is 2.68. The lowest BCUT2D eigenvalue weighted by Crippen LogP contribution is -2.27. The van der Waals surface area contributed by atoms with Crippen molar-refractivity contribution in [1.82, 2.24) is 0 Å². The van der Waals surface area contributed by atoms with Gasteiger partial charge in [0.25, 0.3) is 5.69 Å². The fourth-order valence-electron chi connectivity index (χ4n) is 1.91. The van der Waals surface area contributed by atoms with Crippen molar-refractivity contribution in [3.63, 3.8) is 0 Å². The van der Waals surface area contributed by atoms with Gasteiger partial charge in [-0.1, -0.05) is 0 Å². The Bertz CT molecular complexity index is 498. The van der Waals surface area contributed by atoms with E-state index in [2.05, 4.69) is 0 Å². The van der Waals surface area contributed by atoms with Crippen molar-refractivity contribution in [2.24, 2.45) is 0 Å². The first-order valence-corrected chi connectivity index (χ1v) is 5.15. The zero-order valence-electron chi connectivity index (χ0n) is 8.96. The minimum absolute atomic E-state index is 0.0196. The summed E-state index contributed by atoms with van der Waals surface area (Å²) in [6, 6.07) is 4.34. The maximum Gasteiger partial charge on any atom is 0.269 e. The van der Waals surface area contributed by atoms with Crippen LogP contribution in [0.25, 0.3) is 0 Å². The number of fused-ring (bicyclic) bond motifs is 1. The molecule has 0 fully saturated rings. The highest BCUT2D eigenvalue weighted by Crippen LogP contribution is 2.31. The quantitative estimate of drug-likeness (QED) is 0.443. The molecule has 1 heterocycles. The second kappa shape index (κ2) is 4.32. The van der Waals surface area contributed by atoms with Crippen LogP contribution in [0.1, 0.15) is 12.0 Å². The predicted molar refractivity (Wildman–Crippen MR) is 59.8 cm³/mol. The number of aldehydes is 1. The molecule has 0 N–H and O–H groups in total. The molecule has 0 aromatic heterocycles. The van der Waals surface area contributed by atoms with Crippen LogP contribution in [0.15, 0.2) is 18.2 Å². The Morgan fingerprint density at radius 1 is 1.47 bits per heavy atom. The second-order valence-electron chi connectivity index (χ2n) is 3.75. The van der Waals surface area contributed by atoms with Crippen LogP contribution < -0.4 is 4.90 Å². The highest BCUT2D eigenvalue weighted by molar-refractivity contribution is 6.01. The summed E-state index contributed by atoms with van der Waals surface area (Å²) < 4.78 is 0. The number of rotatable bonds is 4. The van der Waals surface area contributed by atoms with Gasteiger partial charge >= 0.3 is 0 Å². The fraction of sp³-hybridized carbons (Fsp3) is 0.273. The maximum atomic E-state index is 11.7. The summed E-state index contributed by atoms with van der Waals surface area (Å²) in [4.78, 5) is 33.6. The van der Waals surface area contributed by atoms with E-state index >= 15 is 0 Å². The van der Waals surface area contributed by atoms with Crippen LogP contribution >= 0.6 is 0 Å². The number of carbonyl (C=O) groups is 2. The van der Waals surface area contributed by atoms with Gasteiger partial charge in [0.2, 0.25) is 5.91 Å². The molecule has 0 bridgehead atoms. The summed E-state index contributed by atoms with van der Waals surface area (Å²) >= 11 is 0. The SMILES string of the molecule is O=CCCN1C(=O)Cc2cc([N+](=O)[O-])ccc21. The zero-order chi connectivity index (χ0) is 12.4. The minimum atomic E-state index is -0.487. The molecule has 0 radical (unpaired) electrons. The van der Waals surface area contributed by atoms with E-state index in [1.54, 1.807) is 6.07 Å². The lowest BCUT2D eigenvalue weighted by atomic mass is 10.1. The van der Waals surface area contributed by atoms with E-state index in [0.717, 1.165) is 6.29 Å². The Balaban J connectivity index is 2.31. The molecule has 1 aliphatic heterocycles. The van der Waals surface area contributed by atoms with Crippen LogP contribution in [-0.4, -0.2) is 23.7 Å². The third kappa shape index (κ3) is 2.01. The number of hydrogen-bond acceptors (Lipinski definition) is 4. The third-order valence-corrected chi connectivity index (χ3v) is 2.68. The van der Waals surface area contributed by atoms with Crippen molar-refractivity contribution in [2.45, 2.75) is 12.8 Å². The lowest BCUT2D eigenvalue weighted by Gasteiger charge is -2.15. The smallest absolute Gasteiger partial charge is 0.269 e. The highest BCUT2D eigenvalue weighted by atomic mass is 16.6. The van der Waals surface area contributed by atoms with E-state index in [9.17, 15) is 19.7 Å². The van der Waals surface area contributed by atoms with Gasteiger partial charge in [0.1, 0.15) is 6.29 Å². The van der Waals surface area contributed by atoms with Crippen LogP contribution in [0.3, 0.4) is 0 Å². The zero-order valence-corrected chi connectivity index (χ0v) is 8.96. The van der Waals surface area contributed by atoms with Crippen molar-refractivity contribution in [3.05, 3.63) is 33.9 Å². The Labute approximate surface area is 97.0 Å². The highest BCUT2D eigenvalue weighted by Gasteiger charge is 2.28. The number of non-ortho nitro benzene ring substituents is 1. The summed E-state index contributed by atoms with van der Waals surface area (Å²) in [6.07, 6.45) is 1.18. The van der Waals surface area contributed by atoms with Crippen LogP contribution in [0.5, 0.6) is 0 Å². The van der Waals surface area contributed by atoms with E-state index in [4.69, 9.17) is 0 Å². The molecule has 0 unspecified atom stereocenters. The van der Waals surface area contributed by atoms with Crippen LogP contribution in [0, 0.1) is 10.1 Å². The Hall–Kier alpha value is -2.24. The summed E-state index contributed by atoms with van der Waals surface area (Å²) in [5.74, 6) is -0.123. The molecule has 0 saturated carbocycles. The van der Waals surface area contributed by atoms with Gasteiger partial charge in [-0.15, -0.1) is 0 Å². The molecule has 1 aromatic rings. The van der Waals surface area contributed by atoms with Crippen LogP contribution in [0.4, 0.5) is 11.4 Å². The van der Waals surface area contributed by atoms with E-state index < -0.39 is 4.92 Å². The van der Waals surface area contributed by atoms with Gasteiger partial charge < -0.3 is 9.69 Å². The van der Waals surface area contributed by atoms with Gasteiger partial charge in [-0.3, -0.25) is 14.9 Å². The molecule has 1 amide bonds. The van der Waals surface area contributed by atoms with Gasteiger partial charge in [-0.25, -0.2) is 0 Å². The first-order chi connectivity index (χ1) is 8.13. The summed E-state index contributed by atoms with van der Waals surface area (Å²) in [7, 11) is 0. The molecule has 6 heteroatoms. The largest absolute Gasteiger partial charge is 0.311 e. The number of nitro benzene ring substituents is 1. The molecule has 1 aromatic carbocycles. The fourth-order valence-corrected chi connectivity index (χ4v) is 1.91. The maximum absolute atomic E-state index is 11.7. The van der Waals surface area contributed by atoms with Gasteiger partial charge in [-0.05, 0) is 11.6 Å². The van der Waals surface area contributed by atoms with Crippen LogP contribution in [0.2, 0.25) is 0 Å². The number of carbonyl (C=O) groups excluding carboxylic acids is 2. The van der Waals surface area contributed by atoms with Crippen molar-refractivity contribution in [1.29, 1.82) is 0 Å². The molecule has 0 saturated heterocycles. The van der Waals surface area contributed by atoms with Crippen molar-refractivity contribution < 1.29 is 14.5 Å². The Morgan fingerprint density at radius 3 is 2.88 bits per heavy atom. The number of anilines is 1. The number of amides is 1. The van der Waals surface area contributed by atoms with E-state index in [1.165, 1.54) is 17.0 Å². The molecule has 17 heavy (non-hydrogen) atoms. The van der Waals surface area contributed by atoms with Gasteiger partial charge in [0.15, 0.2) is 0 Å². The van der Waals surface area contributed by atoms with Crippen molar-refractivity contribution in [3.8, 4) is 0 Å². The Morgan fingerprint density at radius 2 is 2.24 bits per heavy atom. The average molecular weight is 234 g/mol. The molecule has 2 rings (SSSR count). The van der Waals surface area contributed by atoms with Gasteiger partial charge in [-0.2, -0.15) is 0 Å². The molecule has 0 aliphatic carbocycles. The van der Waals surface area contributed by atoms with Crippen molar-refractivity contribution >= 4 is 23.6 Å². The average Bonchev–Trinajstić information content (AvgIpc) is 2.61. The summed E-state index contributed by atoms with van der Waals surface area (Å²) in [6.45, 7) is 0.327. The van der Waals surface area contributed by atoms with Gasteiger partial charge in [0, 0.05) is 30.8 Å². The number of hydrogen-bond donors (Lipinski definition) is 0. The second-order valence-corrected chi connectivity index (χ2v) is 3.75. The van der Waals surface area contributed by atoms with E-state index in [0.29, 0.717) is 17.8 Å². The lowest BCUT2D eigenvalue weighted by molar-refractivity contribution is -0.384. The minimum Gasteiger partial charge on any atom is -0.311 e. The van der Waals surface area contributed by atoms with E-state index in [1.807, 2.05) is 0 Å². The summed E-state index contributed by atoms with van der Waals surface area (Å²) in [5, 5.41) is 10.6. The number of nitro groups is 1. The topological polar surface area (TPSA) is 80.5 Å². The predicted octanol–water partition coefficient (Wildman–Crippen LogP) is 1.07. The molecular weight excluding hydrogens is 224 g/mol.